The minimum absolute atomic E-state index is 0.123. The van der Waals surface area contributed by atoms with Crippen LogP contribution in [0, 0.1) is 6.92 Å². The van der Waals surface area contributed by atoms with Crippen LogP contribution in [0.4, 0.5) is 5.69 Å². The molecule has 4 nitrogen and oxygen atoms in total. The van der Waals surface area contributed by atoms with Gasteiger partial charge in [0.15, 0.2) is 5.78 Å². The van der Waals surface area contributed by atoms with Crippen LogP contribution in [0.15, 0.2) is 78.9 Å². The Kier molecular flexibility index (Phi) is 5.89. The van der Waals surface area contributed by atoms with Crippen molar-refractivity contribution in [3.63, 3.8) is 0 Å². The summed E-state index contributed by atoms with van der Waals surface area (Å²) >= 11 is 0. The smallest absolute Gasteiger partial charge is 0.167 e. The average Bonchev–Trinajstić information content (AvgIpc) is 3.27. The lowest BCUT2D eigenvalue weighted by atomic mass is 9.99. The third-order valence-corrected chi connectivity index (χ3v) is 6.56. The van der Waals surface area contributed by atoms with Gasteiger partial charge in [0.25, 0.3) is 0 Å². The summed E-state index contributed by atoms with van der Waals surface area (Å²) in [4.78, 5) is 23.9. The fourth-order valence-corrected chi connectivity index (χ4v) is 4.66. The van der Waals surface area contributed by atoms with E-state index in [4.69, 9.17) is 4.98 Å². The monoisotopic (exact) mass is 447 g/mol. The van der Waals surface area contributed by atoms with Crippen LogP contribution in [0.25, 0.3) is 33.2 Å². The van der Waals surface area contributed by atoms with Gasteiger partial charge in [-0.15, -0.1) is 0 Å². The van der Waals surface area contributed by atoms with Crippen molar-refractivity contribution in [2.24, 2.45) is 0 Å². The van der Waals surface area contributed by atoms with E-state index >= 15 is 0 Å². The van der Waals surface area contributed by atoms with Gasteiger partial charge in [0, 0.05) is 36.3 Å². The molecule has 4 heteroatoms. The second kappa shape index (κ2) is 9.14. The number of aromatic amines is 1. The van der Waals surface area contributed by atoms with E-state index in [0.717, 1.165) is 57.9 Å². The highest BCUT2D eigenvalue weighted by atomic mass is 16.1. The van der Waals surface area contributed by atoms with E-state index in [1.54, 1.807) is 0 Å². The summed E-state index contributed by atoms with van der Waals surface area (Å²) in [7, 11) is 0. The van der Waals surface area contributed by atoms with Gasteiger partial charge in [-0.25, -0.2) is 4.98 Å². The Morgan fingerprint density at radius 1 is 0.912 bits per heavy atom. The van der Waals surface area contributed by atoms with Crippen LogP contribution in [0.3, 0.4) is 0 Å². The fourth-order valence-electron chi connectivity index (χ4n) is 4.66. The lowest BCUT2D eigenvalue weighted by Gasteiger charge is -2.24. The molecule has 5 rings (SSSR count). The predicted molar refractivity (Wildman–Crippen MR) is 142 cm³/mol. The molecule has 5 aromatic rings. The van der Waals surface area contributed by atoms with Crippen LogP contribution in [0.2, 0.25) is 0 Å². The zero-order chi connectivity index (χ0) is 23.7. The lowest BCUT2D eigenvalue weighted by molar-refractivity contribution is 0.0993. The molecule has 0 fully saturated rings. The molecule has 1 N–H and O–H groups in total. The number of benzene rings is 4. The van der Waals surface area contributed by atoms with Crippen LogP contribution in [-0.2, 0) is 6.42 Å². The Labute approximate surface area is 200 Å². The van der Waals surface area contributed by atoms with Gasteiger partial charge in [0.2, 0.25) is 0 Å². The molecule has 0 spiro atoms. The normalized spacial score (nSPS) is 11.3. The van der Waals surface area contributed by atoms with E-state index in [2.05, 4.69) is 78.3 Å². The highest BCUT2D eigenvalue weighted by Gasteiger charge is 2.17. The maximum absolute atomic E-state index is 13.1. The third-order valence-electron chi connectivity index (χ3n) is 6.56. The minimum atomic E-state index is 0.123. The van der Waals surface area contributed by atoms with Crippen LogP contribution in [0.5, 0.6) is 0 Å². The number of aromatic nitrogens is 2. The zero-order valence-corrected chi connectivity index (χ0v) is 19.9. The second-order valence-corrected chi connectivity index (χ2v) is 8.75. The number of ketones is 1. The highest BCUT2D eigenvalue weighted by Crippen LogP contribution is 2.32. The number of nitrogens with one attached hydrogen (secondary N) is 1. The van der Waals surface area contributed by atoms with E-state index in [0.29, 0.717) is 6.42 Å². The first-order chi connectivity index (χ1) is 16.6. The van der Waals surface area contributed by atoms with Gasteiger partial charge in [0.1, 0.15) is 5.82 Å². The maximum atomic E-state index is 13.1. The molecule has 0 saturated carbocycles. The van der Waals surface area contributed by atoms with E-state index < -0.39 is 0 Å². The SMILES string of the molecule is CCN(CC)c1cc2[nH]c(-c3cccc4ccccc34)nc2cc1CC(=O)c1ccc(C)cc1. The third kappa shape index (κ3) is 4.08. The molecule has 34 heavy (non-hydrogen) atoms. The molecule has 0 aliphatic carbocycles. The van der Waals surface area contributed by atoms with Gasteiger partial charge >= 0.3 is 0 Å². The largest absolute Gasteiger partial charge is 0.372 e. The number of rotatable bonds is 7. The standard InChI is InChI=1S/C30H29N3O/c1-4-33(5-2)28-19-27-26(17-23(28)18-29(34)22-15-13-20(3)14-16-22)31-30(32-27)25-12-8-10-21-9-6-7-11-24(21)25/h6-17,19H,4-5,18H2,1-3H3,(H,31,32). The second-order valence-electron chi connectivity index (χ2n) is 8.75. The summed E-state index contributed by atoms with van der Waals surface area (Å²) in [5.41, 5.74) is 6.94. The van der Waals surface area contributed by atoms with Crippen molar-refractivity contribution in [2.45, 2.75) is 27.2 Å². The number of H-pyrrole nitrogens is 1. The quantitative estimate of drug-likeness (QED) is 0.274. The van der Waals surface area contributed by atoms with Crippen molar-refractivity contribution < 1.29 is 4.79 Å². The van der Waals surface area contributed by atoms with Gasteiger partial charge in [0.05, 0.1) is 11.0 Å². The van der Waals surface area contributed by atoms with Crippen LogP contribution < -0.4 is 4.90 Å². The number of Topliss-reactive ketones (excluding diaryl/α,β-unsaturated/α-hetero) is 1. The molecule has 0 amide bonds. The maximum Gasteiger partial charge on any atom is 0.167 e. The van der Waals surface area contributed by atoms with Gasteiger partial charge in [-0.05, 0) is 49.2 Å². The van der Waals surface area contributed by atoms with Crippen molar-refractivity contribution >= 4 is 33.3 Å². The Morgan fingerprint density at radius 3 is 2.41 bits per heavy atom. The predicted octanol–water partition coefficient (Wildman–Crippen LogP) is 6.96. The topological polar surface area (TPSA) is 49.0 Å². The molecule has 0 unspecified atom stereocenters. The molecule has 0 saturated heterocycles. The van der Waals surface area contributed by atoms with Crippen molar-refractivity contribution in [3.8, 4) is 11.4 Å². The van der Waals surface area contributed by atoms with Gasteiger partial charge in [-0.3, -0.25) is 4.79 Å². The zero-order valence-electron chi connectivity index (χ0n) is 19.9. The summed E-state index contributed by atoms with van der Waals surface area (Å²) in [5.74, 6) is 0.969. The van der Waals surface area contributed by atoms with Gasteiger partial charge < -0.3 is 9.88 Å². The van der Waals surface area contributed by atoms with Gasteiger partial charge in [-0.2, -0.15) is 0 Å². The number of imidazole rings is 1. The first-order valence-electron chi connectivity index (χ1n) is 11.9. The molecular weight excluding hydrogens is 418 g/mol. The summed E-state index contributed by atoms with van der Waals surface area (Å²) in [6, 6.07) is 26.7. The van der Waals surface area contributed by atoms with Crippen molar-refractivity contribution in [2.75, 3.05) is 18.0 Å². The van der Waals surface area contributed by atoms with Gasteiger partial charge in [-0.1, -0.05) is 72.3 Å². The Bertz CT molecular complexity index is 1470. The van der Waals surface area contributed by atoms with Crippen LogP contribution >= 0.6 is 0 Å². The Hall–Kier alpha value is -3.92. The summed E-state index contributed by atoms with van der Waals surface area (Å²) in [6.45, 7) is 8.07. The molecule has 0 aliphatic heterocycles. The number of aryl methyl sites for hydroxylation is 1. The Balaban J connectivity index is 1.60. The number of carbonyl (C=O) groups excluding carboxylic acids is 1. The molecule has 4 aromatic carbocycles. The Morgan fingerprint density at radius 2 is 1.65 bits per heavy atom. The van der Waals surface area contributed by atoms with Crippen molar-refractivity contribution in [1.29, 1.82) is 0 Å². The molecule has 0 aliphatic rings. The van der Waals surface area contributed by atoms with Crippen LogP contribution in [-0.4, -0.2) is 28.8 Å². The van der Waals surface area contributed by atoms with Crippen molar-refractivity contribution in [3.05, 3.63) is 95.6 Å². The van der Waals surface area contributed by atoms with Crippen molar-refractivity contribution in [1.82, 2.24) is 9.97 Å². The summed E-state index contributed by atoms with van der Waals surface area (Å²) in [5, 5.41) is 2.36. The number of hydrogen-bond acceptors (Lipinski definition) is 3. The molecular formula is C30H29N3O. The molecule has 0 radical (unpaired) electrons. The number of carbonyl (C=O) groups is 1. The molecule has 1 aromatic heterocycles. The summed E-state index contributed by atoms with van der Waals surface area (Å²) in [6.07, 6.45) is 0.349. The number of nitrogens with zero attached hydrogens (tertiary/aromatic N) is 2. The molecule has 1 heterocycles. The van der Waals surface area contributed by atoms with Crippen LogP contribution in [0.1, 0.15) is 35.3 Å². The number of hydrogen-bond donors (Lipinski definition) is 1. The average molecular weight is 448 g/mol. The minimum Gasteiger partial charge on any atom is -0.372 e. The number of fused-ring (bicyclic) bond motifs is 2. The number of anilines is 1. The summed E-state index contributed by atoms with van der Waals surface area (Å²) < 4.78 is 0. The molecule has 0 bridgehead atoms. The molecule has 0 atom stereocenters. The fraction of sp³-hybridized carbons (Fsp3) is 0.200. The lowest BCUT2D eigenvalue weighted by Crippen LogP contribution is -2.23. The van der Waals surface area contributed by atoms with E-state index in [1.807, 2.05) is 31.2 Å². The highest BCUT2D eigenvalue weighted by molar-refractivity contribution is 6.00. The van der Waals surface area contributed by atoms with E-state index in [9.17, 15) is 4.79 Å². The van der Waals surface area contributed by atoms with E-state index in [-0.39, 0.29) is 5.78 Å². The van der Waals surface area contributed by atoms with E-state index in [1.165, 1.54) is 10.8 Å². The first kappa shape index (κ1) is 21.9. The first-order valence-corrected chi connectivity index (χ1v) is 11.9. The molecule has 170 valence electrons.